The number of nitrogens with zero attached hydrogens (tertiary/aromatic N) is 1. The topological polar surface area (TPSA) is 87.7 Å². The summed E-state index contributed by atoms with van der Waals surface area (Å²) in [6, 6.07) is 6.00. The Morgan fingerprint density at radius 1 is 1.06 bits per heavy atom. The van der Waals surface area contributed by atoms with E-state index >= 15 is 0 Å². The van der Waals surface area contributed by atoms with Crippen LogP contribution in [0.4, 0.5) is 4.79 Å². The van der Waals surface area contributed by atoms with E-state index in [1.165, 1.54) is 0 Å². The highest BCUT2D eigenvalue weighted by Crippen LogP contribution is 2.26. The van der Waals surface area contributed by atoms with Crippen LogP contribution in [0.2, 0.25) is 0 Å². The van der Waals surface area contributed by atoms with Crippen molar-refractivity contribution in [1.29, 1.82) is 0 Å². The summed E-state index contributed by atoms with van der Waals surface area (Å²) in [4.78, 5) is 41.7. The van der Waals surface area contributed by atoms with E-state index in [1.807, 2.05) is 65.8 Å². The molecular weight excluding hydrogens is 430 g/mol. The average Bonchev–Trinajstić information content (AvgIpc) is 2.72. The van der Waals surface area contributed by atoms with Gasteiger partial charge in [-0.1, -0.05) is 63.4 Å². The summed E-state index contributed by atoms with van der Waals surface area (Å²) in [6.45, 7) is 17.5. The minimum absolute atomic E-state index is 0.0758. The molecule has 2 N–H and O–H groups in total. The van der Waals surface area contributed by atoms with Crippen molar-refractivity contribution in [2.24, 2.45) is 5.92 Å². The van der Waals surface area contributed by atoms with Gasteiger partial charge in [0.15, 0.2) is 0 Å². The summed E-state index contributed by atoms with van der Waals surface area (Å²) in [5.41, 5.74) is 1.08. The van der Waals surface area contributed by atoms with Crippen LogP contribution in [0.25, 0.3) is 0 Å². The molecule has 7 heteroatoms. The first kappa shape index (κ1) is 29.5. The van der Waals surface area contributed by atoms with Crippen molar-refractivity contribution < 1.29 is 19.1 Å². The van der Waals surface area contributed by atoms with E-state index in [1.54, 1.807) is 25.7 Å². The Kier molecular flexibility index (Phi) is 11.6. The number of carbonyl (C=O) groups excluding carboxylic acids is 3. The van der Waals surface area contributed by atoms with Crippen molar-refractivity contribution in [3.05, 3.63) is 35.4 Å². The fraction of sp³-hybridized carbons (Fsp3) is 0.667. The zero-order valence-corrected chi connectivity index (χ0v) is 22.5. The van der Waals surface area contributed by atoms with E-state index in [-0.39, 0.29) is 23.8 Å². The number of benzene rings is 1. The molecule has 0 radical (unpaired) electrons. The molecule has 34 heavy (non-hydrogen) atoms. The minimum atomic E-state index is -0.809. The van der Waals surface area contributed by atoms with Crippen LogP contribution in [0.15, 0.2) is 24.3 Å². The molecule has 3 atom stereocenters. The molecule has 0 aromatic heterocycles. The summed E-state index contributed by atoms with van der Waals surface area (Å²) in [7, 11) is 0. The Labute approximate surface area is 206 Å². The van der Waals surface area contributed by atoms with Crippen LogP contribution in [0.5, 0.6) is 0 Å². The average molecular weight is 476 g/mol. The van der Waals surface area contributed by atoms with Crippen molar-refractivity contribution in [2.45, 2.75) is 105 Å². The maximum absolute atomic E-state index is 14.0. The molecule has 0 aliphatic heterocycles. The number of hydrogen-bond donors (Lipinski definition) is 2. The lowest BCUT2D eigenvalue weighted by Gasteiger charge is -2.36. The molecule has 3 unspecified atom stereocenters. The van der Waals surface area contributed by atoms with Crippen LogP contribution in [0.1, 0.15) is 91.8 Å². The van der Waals surface area contributed by atoms with E-state index in [0.29, 0.717) is 13.0 Å². The zero-order chi connectivity index (χ0) is 26.1. The van der Waals surface area contributed by atoms with Crippen LogP contribution in [-0.2, 0) is 14.3 Å². The van der Waals surface area contributed by atoms with Crippen molar-refractivity contribution in [1.82, 2.24) is 15.5 Å². The summed E-state index contributed by atoms with van der Waals surface area (Å²) < 4.78 is 5.43. The quantitative estimate of drug-likeness (QED) is 0.464. The van der Waals surface area contributed by atoms with Gasteiger partial charge in [0.2, 0.25) is 11.8 Å². The van der Waals surface area contributed by atoms with Gasteiger partial charge in [0.1, 0.15) is 17.7 Å². The molecule has 7 nitrogen and oxygen atoms in total. The number of unbranched alkanes of at least 4 members (excludes halogenated alkanes) is 1. The van der Waals surface area contributed by atoms with Crippen molar-refractivity contribution in [2.75, 3.05) is 6.54 Å². The standard InChI is InChI=1S/C27H45N3O4/c1-10-12-16-30(23(24(31)28-18(3)4)21-15-13-14-19(5)17-21)25(32)22(20(6)11-2)29-26(33)34-27(7,8)9/h13-15,17-18,20,22-23H,10-12,16H2,1-9H3,(H,28,31)(H,29,33). The number of ether oxygens (including phenoxy) is 1. The summed E-state index contributed by atoms with van der Waals surface area (Å²) >= 11 is 0. The van der Waals surface area contributed by atoms with E-state index in [4.69, 9.17) is 4.74 Å². The minimum Gasteiger partial charge on any atom is -0.444 e. The Morgan fingerprint density at radius 2 is 1.71 bits per heavy atom. The molecule has 0 saturated heterocycles. The zero-order valence-electron chi connectivity index (χ0n) is 22.5. The van der Waals surface area contributed by atoms with Gasteiger partial charge in [0.05, 0.1) is 0 Å². The number of alkyl carbamates (subject to hydrolysis) is 1. The first-order valence-corrected chi connectivity index (χ1v) is 12.5. The van der Waals surface area contributed by atoms with Gasteiger partial charge in [-0.3, -0.25) is 9.59 Å². The molecule has 1 rings (SSSR count). The van der Waals surface area contributed by atoms with Crippen molar-refractivity contribution in [3.8, 4) is 0 Å². The third-order valence-electron chi connectivity index (χ3n) is 5.54. The van der Waals surface area contributed by atoms with E-state index in [0.717, 1.165) is 24.0 Å². The van der Waals surface area contributed by atoms with Gasteiger partial charge >= 0.3 is 6.09 Å². The monoisotopic (exact) mass is 475 g/mol. The molecule has 192 valence electrons. The molecule has 0 fully saturated rings. The lowest BCUT2D eigenvalue weighted by atomic mass is 9.95. The molecule has 1 aromatic carbocycles. The molecule has 0 spiro atoms. The van der Waals surface area contributed by atoms with Crippen molar-refractivity contribution in [3.63, 3.8) is 0 Å². The molecular formula is C27H45N3O4. The smallest absolute Gasteiger partial charge is 0.408 e. The SMILES string of the molecule is CCCCN(C(=O)C(NC(=O)OC(C)(C)C)C(C)CC)C(C(=O)NC(C)C)c1cccc(C)c1. The van der Waals surface area contributed by atoms with Gasteiger partial charge in [-0.25, -0.2) is 4.79 Å². The fourth-order valence-electron chi connectivity index (χ4n) is 3.67. The van der Waals surface area contributed by atoms with Gasteiger partial charge in [-0.15, -0.1) is 0 Å². The van der Waals surface area contributed by atoms with Gasteiger partial charge in [-0.05, 0) is 59.4 Å². The van der Waals surface area contributed by atoms with Crippen LogP contribution in [0.3, 0.4) is 0 Å². The second-order valence-corrected chi connectivity index (χ2v) is 10.4. The van der Waals surface area contributed by atoms with Crippen LogP contribution in [0, 0.1) is 12.8 Å². The van der Waals surface area contributed by atoms with Gasteiger partial charge in [0.25, 0.3) is 0 Å². The number of carbonyl (C=O) groups is 3. The fourth-order valence-corrected chi connectivity index (χ4v) is 3.67. The van der Waals surface area contributed by atoms with Crippen LogP contribution >= 0.6 is 0 Å². The van der Waals surface area contributed by atoms with E-state index in [2.05, 4.69) is 10.6 Å². The summed E-state index contributed by atoms with van der Waals surface area (Å²) in [5.74, 6) is -0.653. The Balaban J connectivity index is 3.48. The highest BCUT2D eigenvalue weighted by atomic mass is 16.6. The molecule has 0 aliphatic rings. The first-order chi connectivity index (χ1) is 15.8. The lowest BCUT2D eigenvalue weighted by Crippen LogP contribution is -2.55. The highest BCUT2D eigenvalue weighted by Gasteiger charge is 2.38. The number of hydrogen-bond acceptors (Lipinski definition) is 4. The Morgan fingerprint density at radius 3 is 2.21 bits per heavy atom. The van der Waals surface area contributed by atoms with Crippen LogP contribution in [-0.4, -0.2) is 47.0 Å². The Hall–Kier alpha value is -2.57. The lowest BCUT2D eigenvalue weighted by molar-refractivity contribution is -0.143. The first-order valence-electron chi connectivity index (χ1n) is 12.5. The molecule has 0 saturated carbocycles. The van der Waals surface area contributed by atoms with E-state index in [9.17, 15) is 14.4 Å². The predicted octanol–water partition coefficient (Wildman–Crippen LogP) is 5.13. The third-order valence-corrected chi connectivity index (χ3v) is 5.54. The molecule has 0 bridgehead atoms. The molecule has 3 amide bonds. The molecule has 0 aliphatic carbocycles. The number of aryl methyl sites for hydroxylation is 1. The third kappa shape index (κ3) is 9.35. The molecule has 1 aromatic rings. The summed E-state index contributed by atoms with van der Waals surface area (Å²) in [5, 5.41) is 5.78. The predicted molar refractivity (Wildman–Crippen MR) is 136 cm³/mol. The normalized spacial score (nSPS) is 14.2. The Bertz CT molecular complexity index is 816. The van der Waals surface area contributed by atoms with Crippen molar-refractivity contribution >= 4 is 17.9 Å². The van der Waals surface area contributed by atoms with Crippen LogP contribution < -0.4 is 10.6 Å². The maximum Gasteiger partial charge on any atom is 0.408 e. The molecule has 0 heterocycles. The van der Waals surface area contributed by atoms with Gasteiger partial charge in [0, 0.05) is 12.6 Å². The summed E-state index contributed by atoms with van der Waals surface area (Å²) in [6.07, 6.45) is 1.65. The second kappa shape index (κ2) is 13.4. The maximum atomic E-state index is 14.0. The van der Waals surface area contributed by atoms with Gasteiger partial charge < -0.3 is 20.3 Å². The van der Waals surface area contributed by atoms with E-state index < -0.39 is 23.8 Å². The largest absolute Gasteiger partial charge is 0.444 e. The van der Waals surface area contributed by atoms with Gasteiger partial charge in [-0.2, -0.15) is 0 Å². The number of rotatable bonds is 11. The highest BCUT2D eigenvalue weighted by molar-refractivity contribution is 5.92. The number of amides is 3. The number of nitrogens with one attached hydrogen (secondary N) is 2. The second-order valence-electron chi connectivity index (χ2n) is 10.4.